The van der Waals surface area contributed by atoms with Gasteiger partial charge in [-0.3, -0.25) is 0 Å². The summed E-state index contributed by atoms with van der Waals surface area (Å²) in [6, 6.07) is 5.07. The Morgan fingerprint density at radius 1 is 1.39 bits per heavy atom. The lowest BCUT2D eigenvalue weighted by Crippen LogP contribution is -2.22. The highest BCUT2D eigenvalue weighted by Gasteiger charge is 2.17. The summed E-state index contributed by atoms with van der Waals surface area (Å²) in [5.41, 5.74) is 6.66. The van der Waals surface area contributed by atoms with Crippen LogP contribution in [-0.4, -0.2) is 21.5 Å². The molecule has 0 aliphatic rings. The van der Waals surface area contributed by atoms with E-state index in [1.807, 2.05) is 6.92 Å². The van der Waals surface area contributed by atoms with E-state index >= 15 is 0 Å². The van der Waals surface area contributed by atoms with E-state index in [-0.39, 0.29) is 10.9 Å². The molecule has 0 amide bonds. The van der Waals surface area contributed by atoms with E-state index in [4.69, 9.17) is 5.73 Å². The highest BCUT2D eigenvalue weighted by atomic mass is 32.2. The molecule has 0 aliphatic carbocycles. The Kier molecular flexibility index (Phi) is 4.98. The summed E-state index contributed by atoms with van der Waals surface area (Å²) in [5, 5.41) is 3.20. The van der Waals surface area contributed by atoms with Crippen molar-refractivity contribution in [1.29, 1.82) is 0 Å². The van der Waals surface area contributed by atoms with E-state index in [1.165, 1.54) is 13.1 Å². The number of rotatable bonds is 6. The van der Waals surface area contributed by atoms with Crippen molar-refractivity contribution in [1.82, 2.24) is 4.72 Å². The van der Waals surface area contributed by atoms with Crippen molar-refractivity contribution in [3.63, 3.8) is 0 Å². The Morgan fingerprint density at radius 3 is 2.61 bits per heavy atom. The summed E-state index contributed by atoms with van der Waals surface area (Å²) in [5.74, 6) is 0. The molecule has 0 bridgehead atoms. The Balaban J connectivity index is 3.12. The van der Waals surface area contributed by atoms with E-state index in [0.29, 0.717) is 11.4 Å². The highest BCUT2D eigenvalue weighted by molar-refractivity contribution is 7.89. The number of nitrogens with two attached hydrogens (primary N) is 1. The van der Waals surface area contributed by atoms with Crippen molar-refractivity contribution in [3.05, 3.63) is 18.2 Å². The van der Waals surface area contributed by atoms with Gasteiger partial charge in [0, 0.05) is 11.7 Å². The predicted molar refractivity (Wildman–Crippen MR) is 75.1 cm³/mol. The van der Waals surface area contributed by atoms with Crippen LogP contribution in [0.15, 0.2) is 23.1 Å². The van der Waals surface area contributed by atoms with Gasteiger partial charge in [-0.1, -0.05) is 13.3 Å². The third kappa shape index (κ3) is 3.61. The lowest BCUT2D eigenvalue weighted by atomic mass is 10.2. The molecule has 0 radical (unpaired) electrons. The van der Waals surface area contributed by atoms with Crippen molar-refractivity contribution in [2.75, 3.05) is 18.1 Å². The van der Waals surface area contributed by atoms with Gasteiger partial charge in [-0.05, 0) is 38.6 Å². The molecule has 1 rings (SSSR count). The molecule has 18 heavy (non-hydrogen) atoms. The van der Waals surface area contributed by atoms with E-state index < -0.39 is 10.0 Å². The van der Waals surface area contributed by atoms with Crippen LogP contribution < -0.4 is 15.8 Å². The van der Waals surface area contributed by atoms with Gasteiger partial charge in [0.1, 0.15) is 4.90 Å². The number of sulfonamides is 1. The summed E-state index contributed by atoms with van der Waals surface area (Å²) in [6.45, 7) is 4.11. The van der Waals surface area contributed by atoms with Crippen LogP contribution in [0.5, 0.6) is 0 Å². The fourth-order valence-corrected chi connectivity index (χ4v) is 2.69. The van der Waals surface area contributed by atoms with E-state index in [9.17, 15) is 8.42 Å². The number of hydrogen-bond acceptors (Lipinski definition) is 4. The molecule has 5 nitrogen and oxygen atoms in total. The van der Waals surface area contributed by atoms with Gasteiger partial charge in [0.2, 0.25) is 10.0 Å². The van der Waals surface area contributed by atoms with E-state index in [1.54, 1.807) is 12.1 Å². The lowest BCUT2D eigenvalue weighted by molar-refractivity contribution is 0.588. The summed E-state index contributed by atoms with van der Waals surface area (Å²) < 4.78 is 26.1. The SMILES string of the molecule is CCCC(C)Nc1ccc(N)cc1S(=O)(=O)NC. The summed E-state index contributed by atoms with van der Waals surface area (Å²) in [4.78, 5) is 0.188. The minimum atomic E-state index is -3.50. The van der Waals surface area contributed by atoms with Crippen molar-refractivity contribution in [2.45, 2.75) is 37.6 Å². The standard InChI is InChI=1S/C12H21N3O2S/c1-4-5-9(2)15-11-7-6-10(13)8-12(11)18(16,17)14-3/h6-9,14-15H,4-5,13H2,1-3H3. The summed E-state index contributed by atoms with van der Waals surface area (Å²) in [6.07, 6.45) is 2.01. The number of benzene rings is 1. The van der Waals surface area contributed by atoms with Crippen LogP contribution in [0.25, 0.3) is 0 Å². The van der Waals surface area contributed by atoms with Gasteiger partial charge >= 0.3 is 0 Å². The largest absolute Gasteiger partial charge is 0.399 e. The Labute approximate surface area is 109 Å². The number of nitrogens with one attached hydrogen (secondary N) is 2. The third-order valence-corrected chi connectivity index (χ3v) is 4.14. The zero-order valence-corrected chi connectivity index (χ0v) is 11.8. The molecule has 0 aromatic heterocycles. The second kappa shape index (κ2) is 6.06. The van der Waals surface area contributed by atoms with Crippen LogP contribution in [0.2, 0.25) is 0 Å². The van der Waals surface area contributed by atoms with Crippen LogP contribution in [0.1, 0.15) is 26.7 Å². The van der Waals surface area contributed by atoms with Crippen molar-refractivity contribution in [2.24, 2.45) is 0 Å². The molecular weight excluding hydrogens is 250 g/mol. The molecule has 6 heteroatoms. The maximum absolute atomic E-state index is 11.9. The summed E-state index contributed by atoms with van der Waals surface area (Å²) in [7, 11) is -2.12. The maximum atomic E-state index is 11.9. The molecular formula is C12H21N3O2S. The van der Waals surface area contributed by atoms with Crippen LogP contribution in [-0.2, 0) is 10.0 Å². The molecule has 0 fully saturated rings. The van der Waals surface area contributed by atoms with Crippen LogP contribution in [0, 0.1) is 0 Å². The normalized spacial score (nSPS) is 13.3. The first-order valence-electron chi connectivity index (χ1n) is 6.00. The molecule has 0 spiro atoms. The molecule has 0 heterocycles. The smallest absolute Gasteiger partial charge is 0.242 e. The average Bonchev–Trinajstić information content (AvgIpc) is 2.31. The van der Waals surface area contributed by atoms with Crippen molar-refractivity contribution >= 4 is 21.4 Å². The van der Waals surface area contributed by atoms with Gasteiger partial charge in [-0.15, -0.1) is 0 Å². The number of hydrogen-bond donors (Lipinski definition) is 3. The third-order valence-electron chi connectivity index (χ3n) is 2.69. The predicted octanol–water partition coefficient (Wildman–Crippen LogP) is 1.78. The zero-order chi connectivity index (χ0) is 13.8. The Hall–Kier alpha value is -1.27. The number of nitrogen functional groups attached to an aromatic ring is 1. The quantitative estimate of drug-likeness (QED) is 0.689. The van der Waals surface area contributed by atoms with Gasteiger partial charge in [-0.25, -0.2) is 13.1 Å². The first kappa shape index (κ1) is 14.8. The molecule has 4 N–H and O–H groups in total. The van der Waals surface area contributed by atoms with E-state index in [2.05, 4.69) is 17.0 Å². The molecule has 1 atom stereocenters. The summed E-state index contributed by atoms with van der Waals surface area (Å²) >= 11 is 0. The first-order chi connectivity index (χ1) is 8.40. The monoisotopic (exact) mass is 271 g/mol. The molecule has 102 valence electrons. The van der Waals surface area contributed by atoms with Crippen molar-refractivity contribution in [3.8, 4) is 0 Å². The molecule has 0 saturated heterocycles. The Morgan fingerprint density at radius 2 is 2.06 bits per heavy atom. The molecule has 0 aliphatic heterocycles. The van der Waals surface area contributed by atoms with Crippen molar-refractivity contribution < 1.29 is 8.42 Å². The van der Waals surface area contributed by atoms with E-state index in [0.717, 1.165) is 12.8 Å². The van der Waals surface area contributed by atoms with Gasteiger partial charge in [0.15, 0.2) is 0 Å². The average molecular weight is 271 g/mol. The van der Waals surface area contributed by atoms with Gasteiger partial charge in [0.25, 0.3) is 0 Å². The fourth-order valence-electron chi connectivity index (χ4n) is 1.76. The van der Waals surface area contributed by atoms with Gasteiger partial charge < -0.3 is 11.1 Å². The topological polar surface area (TPSA) is 84.2 Å². The zero-order valence-electron chi connectivity index (χ0n) is 11.0. The second-order valence-electron chi connectivity index (χ2n) is 4.30. The maximum Gasteiger partial charge on any atom is 0.242 e. The molecule has 1 aromatic rings. The van der Waals surface area contributed by atoms with Crippen LogP contribution in [0.4, 0.5) is 11.4 Å². The first-order valence-corrected chi connectivity index (χ1v) is 7.48. The molecule has 0 saturated carbocycles. The second-order valence-corrected chi connectivity index (χ2v) is 6.15. The fraction of sp³-hybridized carbons (Fsp3) is 0.500. The highest BCUT2D eigenvalue weighted by Crippen LogP contribution is 2.24. The van der Waals surface area contributed by atoms with Crippen LogP contribution >= 0.6 is 0 Å². The van der Waals surface area contributed by atoms with Crippen LogP contribution in [0.3, 0.4) is 0 Å². The minimum Gasteiger partial charge on any atom is -0.399 e. The number of anilines is 2. The minimum absolute atomic E-state index is 0.188. The molecule has 1 aromatic carbocycles. The lowest BCUT2D eigenvalue weighted by Gasteiger charge is -2.17. The van der Waals surface area contributed by atoms with Gasteiger partial charge in [-0.2, -0.15) is 0 Å². The van der Waals surface area contributed by atoms with Gasteiger partial charge in [0.05, 0.1) is 5.69 Å². The molecule has 1 unspecified atom stereocenters. The Bertz CT molecular complexity index is 500.